The molecule has 0 aliphatic rings. The molecule has 0 spiro atoms. The molecule has 0 unspecified atom stereocenters. The van der Waals surface area contributed by atoms with E-state index in [9.17, 15) is 9.90 Å². The summed E-state index contributed by atoms with van der Waals surface area (Å²) in [5.74, 6) is 0.728. The van der Waals surface area contributed by atoms with Crippen molar-refractivity contribution in [3.05, 3.63) is 72.3 Å². The highest BCUT2D eigenvalue weighted by atomic mass is 32.2. The first-order chi connectivity index (χ1) is 14.1. The SMILES string of the molecule is C=CCc1cccc(C=NNC(=O)CSc2nnc(-c3ccccc3)n2C)c1O. The summed E-state index contributed by atoms with van der Waals surface area (Å²) in [6.45, 7) is 3.67. The molecule has 0 aliphatic carbocycles. The summed E-state index contributed by atoms with van der Waals surface area (Å²) >= 11 is 1.27. The van der Waals surface area contributed by atoms with E-state index in [0.717, 1.165) is 17.0 Å². The lowest BCUT2D eigenvalue weighted by molar-refractivity contribution is -0.118. The van der Waals surface area contributed by atoms with Crippen LogP contribution in [0, 0.1) is 0 Å². The maximum Gasteiger partial charge on any atom is 0.250 e. The van der Waals surface area contributed by atoms with Crippen LogP contribution in [0.4, 0.5) is 0 Å². The van der Waals surface area contributed by atoms with Crippen LogP contribution in [0.2, 0.25) is 0 Å². The van der Waals surface area contributed by atoms with E-state index in [-0.39, 0.29) is 17.4 Å². The molecule has 2 aromatic carbocycles. The number of hydrogen-bond donors (Lipinski definition) is 2. The number of para-hydroxylation sites is 1. The van der Waals surface area contributed by atoms with Crippen molar-refractivity contribution in [2.24, 2.45) is 12.1 Å². The van der Waals surface area contributed by atoms with E-state index < -0.39 is 0 Å². The Morgan fingerprint density at radius 1 is 1.24 bits per heavy atom. The topological polar surface area (TPSA) is 92.4 Å². The fraction of sp³-hybridized carbons (Fsp3) is 0.143. The van der Waals surface area contributed by atoms with Gasteiger partial charge in [-0.2, -0.15) is 5.10 Å². The fourth-order valence-electron chi connectivity index (χ4n) is 2.65. The predicted molar refractivity (Wildman–Crippen MR) is 115 cm³/mol. The van der Waals surface area contributed by atoms with Crippen LogP contribution in [-0.4, -0.2) is 37.7 Å². The normalized spacial score (nSPS) is 10.9. The fourth-order valence-corrected chi connectivity index (χ4v) is 3.35. The summed E-state index contributed by atoms with van der Waals surface area (Å²) in [4.78, 5) is 12.1. The monoisotopic (exact) mass is 407 g/mol. The van der Waals surface area contributed by atoms with Gasteiger partial charge >= 0.3 is 0 Å². The molecule has 0 fully saturated rings. The summed E-state index contributed by atoms with van der Waals surface area (Å²) < 4.78 is 1.85. The molecular formula is C21H21N5O2S. The molecular weight excluding hydrogens is 386 g/mol. The van der Waals surface area contributed by atoms with Gasteiger partial charge in [0.25, 0.3) is 5.91 Å². The molecule has 0 radical (unpaired) electrons. The molecule has 0 saturated heterocycles. The number of thioether (sulfide) groups is 1. The molecule has 1 amide bonds. The number of phenolic OH excluding ortho intramolecular Hbond substituents is 1. The van der Waals surface area contributed by atoms with E-state index in [4.69, 9.17) is 0 Å². The van der Waals surface area contributed by atoms with Gasteiger partial charge in [-0.05, 0) is 18.1 Å². The van der Waals surface area contributed by atoms with Gasteiger partial charge in [-0.3, -0.25) is 4.79 Å². The first-order valence-corrected chi connectivity index (χ1v) is 9.90. The number of amides is 1. The van der Waals surface area contributed by atoms with E-state index in [2.05, 4.69) is 27.3 Å². The van der Waals surface area contributed by atoms with Crippen molar-refractivity contribution in [2.45, 2.75) is 11.6 Å². The number of carbonyl (C=O) groups excluding carboxylic acids is 1. The standard InChI is InChI=1S/C21H21N5O2S/c1-3-8-15-11-7-12-17(19(15)28)13-22-23-18(27)14-29-21-25-24-20(26(21)2)16-9-5-4-6-10-16/h3-7,9-13,28H,1,8,14H2,2H3,(H,23,27). The summed E-state index contributed by atoms with van der Waals surface area (Å²) in [5.41, 5.74) is 4.70. The van der Waals surface area contributed by atoms with Crippen molar-refractivity contribution in [3.8, 4) is 17.1 Å². The zero-order chi connectivity index (χ0) is 20.6. The van der Waals surface area contributed by atoms with E-state index in [1.165, 1.54) is 18.0 Å². The Hall–Kier alpha value is -3.39. The second kappa shape index (κ2) is 9.70. The number of nitrogens with one attached hydrogen (secondary N) is 1. The molecule has 148 valence electrons. The van der Waals surface area contributed by atoms with Crippen molar-refractivity contribution < 1.29 is 9.90 Å². The van der Waals surface area contributed by atoms with Gasteiger partial charge in [0.1, 0.15) is 5.75 Å². The number of rotatable bonds is 8. The van der Waals surface area contributed by atoms with E-state index in [0.29, 0.717) is 17.1 Å². The molecule has 0 atom stereocenters. The second-order valence-electron chi connectivity index (χ2n) is 6.16. The Kier molecular flexibility index (Phi) is 6.80. The molecule has 3 rings (SSSR count). The Morgan fingerprint density at radius 2 is 2.03 bits per heavy atom. The molecule has 1 heterocycles. The Balaban J connectivity index is 1.56. The smallest absolute Gasteiger partial charge is 0.250 e. The van der Waals surface area contributed by atoms with Gasteiger partial charge in [-0.25, -0.2) is 5.43 Å². The summed E-state index contributed by atoms with van der Waals surface area (Å²) in [6.07, 6.45) is 3.68. The lowest BCUT2D eigenvalue weighted by Gasteiger charge is -2.05. The van der Waals surface area contributed by atoms with Crippen LogP contribution in [0.25, 0.3) is 11.4 Å². The average Bonchev–Trinajstić information content (AvgIpc) is 3.10. The quantitative estimate of drug-likeness (QED) is 0.259. The minimum Gasteiger partial charge on any atom is -0.507 e. The highest BCUT2D eigenvalue weighted by Gasteiger charge is 2.12. The molecule has 1 aromatic heterocycles. The lowest BCUT2D eigenvalue weighted by atomic mass is 10.1. The Bertz CT molecular complexity index is 1030. The van der Waals surface area contributed by atoms with Gasteiger partial charge in [-0.15, -0.1) is 16.8 Å². The van der Waals surface area contributed by atoms with Crippen LogP contribution in [0.1, 0.15) is 11.1 Å². The van der Waals surface area contributed by atoms with Crippen LogP contribution in [0.5, 0.6) is 5.75 Å². The lowest BCUT2D eigenvalue weighted by Crippen LogP contribution is -2.20. The number of aromatic nitrogens is 3. The van der Waals surface area contributed by atoms with E-state index in [1.807, 2.05) is 54.1 Å². The van der Waals surface area contributed by atoms with Crippen LogP contribution >= 0.6 is 11.8 Å². The summed E-state index contributed by atoms with van der Waals surface area (Å²) in [5, 5.41) is 23.1. The van der Waals surface area contributed by atoms with Gasteiger partial charge in [0.05, 0.1) is 12.0 Å². The highest BCUT2D eigenvalue weighted by molar-refractivity contribution is 7.99. The van der Waals surface area contributed by atoms with Crippen molar-refractivity contribution in [3.63, 3.8) is 0 Å². The van der Waals surface area contributed by atoms with Crippen LogP contribution < -0.4 is 5.43 Å². The predicted octanol–water partition coefficient (Wildman–Crippen LogP) is 3.16. The third-order valence-corrected chi connectivity index (χ3v) is 5.13. The molecule has 3 aromatic rings. The molecule has 29 heavy (non-hydrogen) atoms. The zero-order valence-corrected chi connectivity index (χ0v) is 16.8. The number of carbonyl (C=O) groups is 1. The van der Waals surface area contributed by atoms with E-state index in [1.54, 1.807) is 12.1 Å². The molecule has 0 bridgehead atoms. The molecule has 0 aliphatic heterocycles. The van der Waals surface area contributed by atoms with Crippen molar-refractivity contribution in [1.82, 2.24) is 20.2 Å². The summed E-state index contributed by atoms with van der Waals surface area (Å²) in [7, 11) is 1.86. The minimum atomic E-state index is -0.280. The van der Waals surface area contributed by atoms with Crippen molar-refractivity contribution in [2.75, 3.05) is 5.75 Å². The molecule has 8 heteroatoms. The number of aromatic hydroxyl groups is 1. The third-order valence-electron chi connectivity index (χ3n) is 4.11. The second-order valence-corrected chi connectivity index (χ2v) is 7.10. The first-order valence-electron chi connectivity index (χ1n) is 8.91. The van der Waals surface area contributed by atoms with Crippen LogP contribution in [0.15, 0.2) is 71.4 Å². The number of nitrogens with zero attached hydrogens (tertiary/aromatic N) is 4. The average molecular weight is 407 g/mol. The van der Waals surface area contributed by atoms with E-state index >= 15 is 0 Å². The highest BCUT2D eigenvalue weighted by Crippen LogP contribution is 2.23. The van der Waals surface area contributed by atoms with Crippen LogP contribution in [-0.2, 0) is 18.3 Å². The van der Waals surface area contributed by atoms with Crippen molar-refractivity contribution >= 4 is 23.9 Å². The zero-order valence-electron chi connectivity index (χ0n) is 15.9. The minimum absolute atomic E-state index is 0.132. The Labute approximate surface area is 173 Å². The van der Waals surface area contributed by atoms with Crippen LogP contribution in [0.3, 0.4) is 0 Å². The maximum absolute atomic E-state index is 12.1. The Morgan fingerprint density at radius 3 is 2.79 bits per heavy atom. The number of hydrazone groups is 1. The third kappa shape index (κ3) is 5.11. The van der Waals surface area contributed by atoms with Gasteiger partial charge < -0.3 is 9.67 Å². The number of allylic oxidation sites excluding steroid dienone is 1. The molecule has 0 saturated carbocycles. The largest absolute Gasteiger partial charge is 0.507 e. The van der Waals surface area contributed by atoms with Gasteiger partial charge in [0.2, 0.25) is 0 Å². The summed E-state index contributed by atoms with van der Waals surface area (Å²) in [6, 6.07) is 15.1. The maximum atomic E-state index is 12.1. The van der Waals surface area contributed by atoms with Crippen molar-refractivity contribution in [1.29, 1.82) is 0 Å². The van der Waals surface area contributed by atoms with Gasteiger partial charge in [-0.1, -0.05) is 60.3 Å². The molecule has 2 N–H and O–H groups in total. The number of benzene rings is 2. The molecule has 7 nitrogen and oxygen atoms in total. The number of phenols is 1. The van der Waals surface area contributed by atoms with Gasteiger partial charge in [0, 0.05) is 18.2 Å². The van der Waals surface area contributed by atoms with Gasteiger partial charge in [0.15, 0.2) is 11.0 Å². The number of hydrogen-bond acceptors (Lipinski definition) is 6. The first kappa shape index (κ1) is 20.3.